The van der Waals surface area contributed by atoms with E-state index in [9.17, 15) is 9.59 Å². The number of amides is 1. The van der Waals surface area contributed by atoms with Gasteiger partial charge in [0.15, 0.2) is 0 Å². The van der Waals surface area contributed by atoms with E-state index in [0.29, 0.717) is 6.42 Å². The van der Waals surface area contributed by atoms with Crippen LogP contribution in [0.1, 0.15) is 55.1 Å². The normalized spacial score (nSPS) is 15.1. The highest BCUT2D eigenvalue weighted by molar-refractivity contribution is 7.11. The van der Waals surface area contributed by atoms with Gasteiger partial charge in [-0.1, -0.05) is 13.3 Å². The summed E-state index contributed by atoms with van der Waals surface area (Å²) in [5.41, 5.74) is 1.17. The summed E-state index contributed by atoms with van der Waals surface area (Å²) < 4.78 is 5.32. The van der Waals surface area contributed by atoms with Crippen LogP contribution in [0.3, 0.4) is 0 Å². The molecule has 1 heterocycles. The molecule has 0 saturated heterocycles. The summed E-state index contributed by atoms with van der Waals surface area (Å²) in [5.74, 6) is -0.588. The Hall–Kier alpha value is -1.43. The summed E-state index contributed by atoms with van der Waals surface area (Å²) in [6.45, 7) is 3.58. The van der Waals surface area contributed by atoms with Crippen molar-refractivity contribution in [2.24, 2.45) is 0 Å². The molecule has 1 aliphatic carbocycles. The van der Waals surface area contributed by atoms with E-state index in [4.69, 9.17) is 4.74 Å². The lowest BCUT2D eigenvalue weighted by molar-refractivity contribution is -0.149. The van der Waals surface area contributed by atoms with Gasteiger partial charge in [0.1, 0.15) is 17.7 Å². The quantitative estimate of drug-likeness (QED) is 0.819. The fourth-order valence-corrected chi connectivity index (χ4v) is 3.55. The summed E-state index contributed by atoms with van der Waals surface area (Å²) in [7, 11) is 0. The molecule has 1 atom stereocenters. The number of esters is 1. The Balaban J connectivity index is 1.89. The minimum absolute atomic E-state index is 0.205. The molecule has 116 valence electrons. The van der Waals surface area contributed by atoms with Crippen molar-refractivity contribution in [1.29, 1.82) is 0 Å². The number of carbonyl (C=O) groups excluding carboxylic acids is 2. The molecule has 0 bridgehead atoms. The van der Waals surface area contributed by atoms with Crippen LogP contribution in [0.25, 0.3) is 0 Å². The Labute approximate surface area is 129 Å². The number of hydrogen-bond acceptors (Lipinski definition) is 5. The minimum Gasteiger partial charge on any atom is -0.457 e. The predicted octanol–water partition coefficient (Wildman–Crippen LogP) is 2.37. The number of aromatic nitrogens is 1. The number of ether oxygens (including phenoxy) is 1. The number of nitrogens with one attached hydrogen (secondary N) is 1. The summed E-state index contributed by atoms with van der Waals surface area (Å²) in [4.78, 5) is 29.0. The van der Waals surface area contributed by atoms with Crippen molar-refractivity contribution in [1.82, 2.24) is 10.3 Å². The third-order valence-electron chi connectivity index (χ3n) is 3.47. The van der Waals surface area contributed by atoms with E-state index in [2.05, 4.69) is 10.3 Å². The van der Waals surface area contributed by atoms with Crippen LogP contribution in [0.2, 0.25) is 0 Å². The van der Waals surface area contributed by atoms with Crippen LogP contribution >= 0.6 is 11.3 Å². The summed E-state index contributed by atoms with van der Waals surface area (Å²) >= 11 is 1.64. The topological polar surface area (TPSA) is 68.3 Å². The maximum atomic E-state index is 12.0. The van der Waals surface area contributed by atoms with Gasteiger partial charge < -0.3 is 10.1 Å². The van der Waals surface area contributed by atoms with Gasteiger partial charge in [-0.25, -0.2) is 9.78 Å². The van der Waals surface area contributed by atoms with Gasteiger partial charge in [-0.15, -0.1) is 11.3 Å². The largest absolute Gasteiger partial charge is 0.457 e. The number of thiazole rings is 1. The molecule has 0 spiro atoms. The van der Waals surface area contributed by atoms with Crippen LogP contribution in [-0.2, 0) is 33.8 Å². The maximum absolute atomic E-state index is 12.0. The van der Waals surface area contributed by atoms with E-state index in [1.165, 1.54) is 30.3 Å². The number of fused-ring (bicyclic) bond motifs is 1. The molecule has 0 aliphatic heterocycles. The lowest BCUT2D eigenvalue weighted by Gasteiger charge is -2.15. The first-order valence-electron chi connectivity index (χ1n) is 7.51. The Kier molecular flexibility index (Phi) is 5.73. The molecular formula is C15H22N2O3S. The third-order valence-corrected chi connectivity index (χ3v) is 4.60. The number of rotatable bonds is 6. The fourth-order valence-electron chi connectivity index (χ4n) is 2.48. The van der Waals surface area contributed by atoms with Gasteiger partial charge in [0.05, 0.1) is 5.69 Å². The molecule has 0 fully saturated rings. The zero-order valence-electron chi connectivity index (χ0n) is 12.6. The molecule has 1 aromatic heterocycles. The molecule has 1 aliphatic rings. The van der Waals surface area contributed by atoms with Gasteiger partial charge in [-0.05, 0) is 32.1 Å². The van der Waals surface area contributed by atoms with Gasteiger partial charge in [0, 0.05) is 11.8 Å². The minimum atomic E-state index is -0.554. The van der Waals surface area contributed by atoms with Crippen LogP contribution in [0.15, 0.2) is 0 Å². The second kappa shape index (κ2) is 7.54. The van der Waals surface area contributed by atoms with Crippen molar-refractivity contribution in [3.8, 4) is 0 Å². The average molecular weight is 310 g/mol. The monoisotopic (exact) mass is 310 g/mol. The molecule has 6 heteroatoms. The molecular weight excluding hydrogens is 288 g/mol. The molecule has 1 amide bonds. The molecule has 0 aromatic carbocycles. The Morgan fingerprint density at radius 1 is 1.38 bits per heavy atom. The zero-order chi connectivity index (χ0) is 15.2. The molecule has 0 radical (unpaired) electrons. The molecule has 0 saturated carbocycles. The molecule has 1 N–H and O–H groups in total. The van der Waals surface area contributed by atoms with Crippen LogP contribution in [-0.4, -0.2) is 22.9 Å². The van der Waals surface area contributed by atoms with Crippen molar-refractivity contribution in [3.05, 3.63) is 15.6 Å². The summed E-state index contributed by atoms with van der Waals surface area (Å²) in [6.07, 6.45) is 5.93. The first-order chi connectivity index (χ1) is 10.1. The molecule has 1 unspecified atom stereocenters. The van der Waals surface area contributed by atoms with Crippen LogP contribution in [0.5, 0.6) is 0 Å². The van der Waals surface area contributed by atoms with Crippen molar-refractivity contribution < 1.29 is 14.3 Å². The first-order valence-corrected chi connectivity index (χ1v) is 8.33. The zero-order valence-corrected chi connectivity index (χ0v) is 13.4. The van der Waals surface area contributed by atoms with Crippen LogP contribution in [0.4, 0.5) is 0 Å². The van der Waals surface area contributed by atoms with Crippen molar-refractivity contribution >= 4 is 23.2 Å². The van der Waals surface area contributed by atoms with Crippen molar-refractivity contribution in [2.45, 2.75) is 65.0 Å². The van der Waals surface area contributed by atoms with Gasteiger partial charge in [0.25, 0.3) is 0 Å². The van der Waals surface area contributed by atoms with Gasteiger partial charge in [-0.3, -0.25) is 4.79 Å². The van der Waals surface area contributed by atoms with E-state index in [1.807, 2.05) is 6.92 Å². The SMILES string of the molecule is CCCC(NC(C)=O)C(=O)OCc1nc2c(s1)CCCC2. The molecule has 21 heavy (non-hydrogen) atoms. The highest BCUT2D eigenvalue weighted by Crippen LogP contribution is 2.27. The standard InChI is InChI=1S/C15H22N2O3S/c1-3-6-12(16-10(2)18)15(19)20-9-14-17-11-7-4-5-8-13(11)21-14/h12H,3-9H2,1-2H3,(H,16,18). The highest BCUT2D eigenvalue weighted by Gasteiger charge is 2.21. The Bertz CT molecular complexity index is 490. The number of carbonyl (C=O) groups is 2. The lowest BCUT2D eigenvalue weighted by atomic mass is 10.0. The Morgan fingerprint density at radius 3 is 2.81 bits per heavy atom. The molecule has 5 nitrogen and oxygen atoms in total. The van der Waals surface area contributed by atoms with Gasteiger partial charge in [0.2, 0.25) is 5.91 Å². The average Bonchev–Trinajstić information content (AvgIpc) is 2.86. The van der Waals surface area contributed by atoms with Crippen molar-refractivity contribution in [3.63, 3.8) is 0 Å². The smallest absolute Gasteiger partial charge is 0.329 e. The first kappa shape index (κ1) is 15.9. The lowest BCUT2D eigenvalue weighted by Crippen LogP contribution is -2.40. The van der Waals surface area contributed by atoms with E-state index >= 15 is 0 Å². The second-order valence-corrected chi connectivity index (χ2v) is 6.50. The van der Waals surface area contributed by atoms with Crippen molar-refractivity contribution in [2.75, 3.05) is 0 Å². The van der Waals surface area contributed by atoms with Gasteiger partial charge >= 0.3 is 5.97 Å². The second-order valence-electron chi connectivity index (χ2n) is 5.33. The maximum Gasteiger partial charge on any atom is 0.329 e. The summed E-state index contributed by atoms with van der Waals surface area (Å²) in [6, 6.07) is -0.554. The van der Waals surface area contributed by atoms with E-state index < -0.39 is 6.04 Å². The van der Waals surface area contributed by atoms with E-state index in [1.54, 1.807) is 11.3 Å². The van der Waals surface area contributed by atoms with E-state index in [0.717, 1.165) is 24.3 Å². The van der Waals surface area contributed by atoms with Crippen LogP contribution < -0.4 is 5.32 Å². The van der Waals surface area contributed by atoms with Crippen LogP contribution in [0, 0.1) is 0 Å². The van der Waals surface area contributed by atoms with E-state index in [-0.39, 0.29) is 18.5 Å². The fraction of sp³-hybridized carbons (Fsp3) is 0.667. The Morgan fingerprint density at radius 2 is 2.14 bits per heavy atom. The predicted molar refractivity (Wildman–Crippen MR) is 81.1 cm³/mol. The number of nitrogens with zero attached hydrogens (tertiary/aromatic N) is 1. The highest BCUT2D eigenvalue weighted by atomic mass is 32.1. The molecule has 1 aromatic rings. The summed E-state index contributed by atoms with van der Waals surface area (Å²) in [5, 5.41) is 3.49. The molecule has 2 rings (SSSR count). The third kappa shape index (κ3) is 4.52. The van der Waals surface area contributed by atoms with Gasteiger partial charge in [-0.2, -0.15) is 0 Å². The number of aryl methyl sites for hydroxylation is 2. The number of hydrogen-bond donors (Lipinski definition) is 1.